The van der Waals surface area contributed by atoms with E-state index in [1.807, 2.05) is 60.7 Å². The smallest absolute Gasteiger partial charge is 0.356 e. The molecule has 0 radical (unpaired) electrons. The number of nitrogens with two attached hydrogens (primary N) is 1. The summed E-state index contributed by atoms with van der Waals surface area (Å²) in [6.45, 7) is 0.145. The molecule has 11 heteroatoms. The van der Waals surface area contributed by atoms with Gasteiger partial charge in [0.05, 0.1) is 6.61 Å². The Labute approximate surface area is 199 Å². The average molecular weight is 479 g/mol. The summed E-state index contributed by atoms with van der Waals surface area (Å²) in [6, 6.07) is 18.1. The molecule has 2 atom stereocenters. The van der Waals surface area contributed by atoms with Crippen molar-refractivity contribution in [2.24, 2.45) is 12.8 Å². The first kappa shape index (κ1) is 22.3. The second-order valence-corrected chi connectivity index (χ2v) is 8.81. The first-order chi connectivity index (χ1) is 16.5. The quantitative estimate of drug-likeness (QED) is 0.305. The molecule has 0 spiro atoms. The van der Waals surface area contributed by atoms with Crippen LogP contribution in [0.25, 0.3) is 0 Å². The molecule has 1 aromatic heterocycles. The van der Waals surface area contributed by atoms with Crippen LogP contribution in [0.3, 0.4) is 0 Å². The van der Waals surface area contributed by atoms with Crippen LogP contribution in [-0.2, 0) is 26.1 Å². The van der Waals surface area contributed by atoms with Crippen LogP contribution in [0.5, 0.6) is 0 Å². The van der Waals surface area contributed by atoms with E-state index in [0.717, 1.165) is 11.1 Å². The number of β-lactam (4-membered cyclic amide) rings is 1. The number of benzene rings is 2. The maximum absolute atomic E-state index is 13.6. The number of thioether (sulfide) groups is 1. The number of nitrogens with zero attached hydrogens (tertiary/aromatic N) is 5. The normalized spacial score (nSPS) is 19.7. The van der Waals surface area contributed by atoms with E-state index in [2.05, 4.69) is 15.5 Å². The van der Waals surface area contributed by atoms with Gasteiger partial charge in [0.25, 0.3) is 5.91 Å². The van der Waals surface area contributed by atoms with Crippen molar-refractivity contribution in [3.63, 3.8) is 0 Å². The Morgan fingerprint density at radius 1 is 1.18 bits per heavy atom. The molecule has 2 aliphatic rings. The van der Waals surface area contributed by atoms with E-state index in [1.54, 1.807) is 7.05 Å². The first-order valence-electron chi connectivity index (χ1n) is 10.6. The minimum Gasteiger partial charge on any atom is -0.448 e. The van der Waals surface area contributed by atoms with Crippen LogP contribution in [-0.4, -0.2) is 61.6 Å². The molecule has 2 unspecified atom stereocenters. The van der Waals surface area contributed by atoms with Gasteiger partial charge in [0.15, 0.2) is 12.3 Å². The fourth-order valence-corrected chi connectivity index (χ4v) is 4.76. The van der Waals surface area contributed by atoms with Gasteiger partial charge in [-0.3, -0.25) is 9.69 Å². The molecule has 0 saturated carbocycles. The van der Waals surface area contributed by atoms with Crippen molar-refractivity contribution in [1.82, 2.24) is 25.1 Å². The van der Waals surface area contributed by atoms with Gasteiger partial charge in [-0.2, -0.15) is 0 Å². The zero-order valence-electron chi connectivity index (χ0n) is 18.3. The lowest BCUT2D eigenvalue weighted by Crippen LogP contribution is -2.71. The first-order valence-corrected chi connectivity index (χ1v) is 11.6. The summed E-state index contributed by atoms with van der Waals surface area (Å²) in [7, 11) is 1.72. The van der Waals surface area contributed by atoms with E-state index in [4.69, 9.17) is 15.2 Å². The molecule has 3 heterocycles. The van der Waals surface area contributed by atoms with Crippen LogP contribution in [0.2, 0.25) is 0 Å². The topological polar surface area (TPSA) is 125 Å². The zero-order chi connectivity index (χ0) is 23.7. The predicted molar refractivity (Wildman–Crippen MR) is 122 cm³/mol. The highest BCUT2D eigenvalue weighted by atomic mass is 32.2. The predicted octanol–water partition coefficient (Wildman–Crippen LogP) is 1.41. The number of rotatable bonds is 7. The standard InChI is InChI=1S/C23H22N6O4S/c1-28-23(25-26-27-28)34-13-16-12-32-21-17(24)20(30)29(21)18(16)22(31)33-19(14-8-4-2-5-9-14)15-10-6-3-7-11-15/h2-11,17,19,21H,12-13,24H2,1H3. The molecule has 0 aliphatic carbocycles. The Morgan fingerprint density at radius 3 is 2.41 bits per heavy atom. The van der Waals surface area contributed by atoms with Crippen molar-refractivity contribution in [3.8, 4) is 0 Å². The van der Waals surface area contributed by atoms with Crippen molar-refractivity contribution >= 4 is 23.6 Å². The second-order valence-electron chi connectivity index (χ2n) is 7.87. The van der Waals surface area contributed by atoms with E-state index in [1.165, 1.54) is 21.3 Å². The number of esters is 1. The summed E-state index contributed by atoms with van der Waals surface area (Å²) in [6.07, 6.45) is -1.34. The lowest BCUT2D eigenvalue weighted by atomic mass is 9.99. The van der Waals surface area contributed by atoms with Crippen LogP contribution < -0.4 is 5.73 Å². The number of amides is 1. The summed E-state index contributed by atoms with van der Waals surface area (Å²) in [5, 5.41) is 12.0. The highest BCUT2D eigenvalue weighted by Gasteiger charge is 2.53. The molecule has 5 rings (SSSR count). The van der Waals surface area contributed by atoms with Crippen LogP contribution in [0.1, 0.15) is 17.2 Å². The number of hydrogen-bond acceptors (Lipinski definition) is 9. The van der Waals surface area contributed by atoms with Crippen molar-refractivity contribution in [2.75, 3.05) is 12.4 Å². The zero-order valence-corrected chi connectivity index (χ0v) is 19.1. The van der Waals surface area contributed by atoms with Gasteiger partial charge in [0.1, 0.15) is 11.7 Å². The molecular formula is C23H22N6O4S. The Bertz CT molecular complexity index is 1190. The third-order valence-corrected chi connectivity index (χ3v) is 6.76. The number of aryl methyl sites for hydroxylation is 1. The molecule has 2 aromatic carbocycles. The third-order valence-electron chi connectivity index (χ3n) is 5.67. The van der Waals surface area contributed by atoms with Crippen LogP contribution >= 0.6 is 11.8 Å². The molecular weight excluding hydrogens is 456 g/mol. The van der Waals surface area contributed by atoms with Gasteiger partial charge in [0.2, 0.25) is 5.16 Å². The van der Waals surface area contributed by atoms with E-state index < -0.39 is 24.3 Å². The number of tetrazole rings is 1. The number of carbonyl (C=O) groups excluding carboxylic acids is 2. The molecule has 1 amide bonds. The van der Waals surface area contributed by atoms with Crippen molar-refractivity contribution in [2.45, 2.75) is 23.5 Å². The van der Waals surface area contributed by atoms with Gasteiger partial charge in [-0.25, -0.2) is 9.48 Å². The summed E-state index contributed by atoms with van der Waals surface area (Å²) in [5.74, 6) is -0.653. The lowest BCUT2D eigenvalue weighted by Gasteiger charge is -2.48. The van der Waals surface area contributed by atoms with Crippen LogP contribution in [0.15, 0.2) is 77.1 Å². The highest BCUT2D eigenvalue weighted by Crippen LogP contribution is 2.36. The molecule has 2 aliphatic heterocycles. The Morgan fingerprint density at radius 2 is 1.82 bits per heavy atom. The van der Waals surface area contributed by atoms with Crippen molar-refractivity contribution < 1.29 is 19.1 Å². The Hall–Kier alpha value is -3.54. The maximum atomic E-state index is 13.6. The van der Waals surface area contributed by atoms with Gasteiger partial charge in [-0.15, -0.1) is 5.10 Å². The summed E-state index contributed by atoms with van der Waals surface area (Å²) >= 11 is 1.33. The summed E-state index contributed by atoms with van der Waals surface area (Å²) < 4.78 is 13.3. The summed E-state index contributed by atoms with van der Waals surface area (Å²) in [5.41, 5.74) is 8.32. The van der Waals surface area contributed by atoms with Crippen LogP contribution in [0.4, 0.5) is 0 Å². The molecule has 2 N–H and O–H groups in total. The fourth-order valence-electron chi connectivity index (χ4n) is 3.92. The highest BCUT2D eigenvalue weighted by molar-refractivity contribution is 7.99. The number of carbonyl (C=O) groups is 2. The van der Waals surface area contributed by atoms with Gasteiger partial charge in [-0.05, 0) is 27.1 Å². The molecule has 10 nitrogen and oxygen atoms in total. The maximum Gasteiger partial charge on any atom is 0.356 e. The molecule has 3 aromatic rings. The van der Waals surface area contributed by atoms with E-state index >= 15 is 0 Å². The molecule has 174 valence electrons. The lowest BCUT2D eigenvalue weighted by molar-refractivity contribution is -0.182. The Balaban J connectivity index is 1.47. The van der Waals surface area contributed by atoms with E-state index in [-0.39, 0.29) is 18.2 Å². The minimum absolute atomic E-state index is 0.145. The number of ether oxygens (including phenoxy) is 2. The number of hydrogen-bond donors (Lipinski definition) is 1. The average Bonchev–Trinajstić information content (AvgIpc) is 3.30. The Kier molecular flexibility index (Phi) is 6.14. The SMILES string of the molecule is Cn1nnnc1SCC1=C(C(=O)OC(c2ccccc2)c2ccccc2)N2C(=O)C(N)C2OC1. The molecule has 0 bridgehead atoms. The summed E-state index contributed by atoms with van der Waals surface area (Å²) in [4.78, 5) is 27.5. The monoisotopic (exact) mass is 478 g/mol. The van der Waals surface area contributed by atoms with Crippen molar-refractivity contribution in [1.29, 1.82) is 0 Å². The largest absolute Gasteiger partial charge is 0.448 e. The second kappa shape index (κ2) is 9.37. The van der Waals surface area contributed by atoms with E-state index in [0.29, 0.717) is 16.5 Å². The van der Waals surface area contributed by atoms with Gasteiger partial charge < -0.3 is 15.2 Å². The van der Waals surface area contributed by atoms with Gasteiger partial charge in [-0.1, -0.05) is 72.4 Å². The molecule has 34 heavy (non-hydrogen) atoms. The van der Waals surface area contributed by atoms with Gasteiger partial charge >= 0.3 is 5.97 Å². The molecule has 1 fully saturated rings. The van der Waals surface area contributed by atoms with E-state index in [9.17, 15) is 9.59 Å². The fraction of sp³-hybridized carbons (Fsp3) is 0.261. The minimum atomic E-state index is -0.806. The van der Waals surface area contributed by atoms with Gasteiger partial charge in [0, 0.05) is 12.8 Å². The number of aromatic nitrogens is 4. The molecule has 1 saturated heterocycles. The third kappa shape index (κ3) is 4.09. The van der Waals surface area contributed by atoms with Crippen LogP contribution in [0, 0.1) is 0 Å². The number of fused-ring (bicyclic) bond motifs is 1. The van der Waals surface area contributed by atoms with Crippen molar-refractivity contribution in [3.05, 3.63) is 83.1 Å².